The third-order valence-corrected chi connectivity index (χ3v) is 4.73. The summed E-state index contributed by atoms with van der Waals surface area (Å²) in [6, 6.07) is 18.2. The lowest BCUT2D eigenvalue weighted by Gasteiger charge is -2.25. The molecule has 3 aromatic carbocycles. The van der Waals surface area contributed by atoms with Crippen molar-refractivity contribution in [1.29, 1.82) is 0 Å². The van der Waals surface area contributed by atoms with E-state index < -0.39 is 21.9 Å². The smallest absolute Gasteiger partial charge is 0.266 e. The Labute approximate surface area is 161 Å². The largest absolute Gasteiger partial charge is 0.286 e. The number of hydrogen-bond acceptors (Lipinski definition) is 5. The summed E-state index contributed by atoms with van der Waals surface area (Å²) in [6.07, 6.45) is 4.53. The van der Waals surface area contributed by atoms with Crippen molar-refractivity contribution in [3.8, 4) is 0 Å². The van der Waals surface area contributed by atoms with Gasteiger partial charge < -0.3 is 0 Å². The van der Waals surface area contributed by atoms with E-state index in [-0.39, 0.29) is 11.1 Å². The molecular formula is C21H15NO5S. The minimum atomic E-state index is -4.05. The van der Waals surface area contributed by atoms with Gasteiger partial charge in [0.25, 0.3) is 21.9 Å². The maximum absolute atomic E-state index is 12.8. The molecule has 4 rings (SSSR count). The third-order valence-electron chi connectivity index (χ3n) is 4.31. The van der Waals surface area contributed by atoms with Crippen molar-refractivity contribution in [2.75, 3.05) is 6.26 Å². The quantitative estimate of drug-likeness (QED) is 0.501. The van der Waals surface area contributed by atoms with Gasteiger partial charge in [-0.1, -0.05) is 54.6 Å². The Bertz CT molecular complexity index is 1250. The van der Waals surface area contributed by atoms with Crippen LogP contribution in [0.3, 0.4) is 0 Å². The molecule has 0 fully saturated rings. The molecule has 0 atom stereocenters. The van der Waals surface area contributed by atoms with Gasteiger partial charge in [0, 0.05) is 5.39 Å². The second kappa shape index (κ2) is 6.70. The standard InChI is InChI=1S/C21H15NO5S/c1-28(25,26)27-22-20(23)17-9-5-8-16-12-15(13-18(19(16)17)21(22)24)11-10-14-6-3-2-4-7-14/h2-13H,1H3/b11-10+. The zero-order valence-corrected chi connectivity index (χ0v) is 15.6. The summed E-state index contributed by atoms with van der Waals surface area (Å²) in [5.41, 5.74) is 2.16. The van der Waals surface area contributed by atoms with Crippen molar-refractivity contribution in [3.63, 3.8) is 0 Å². The molecule has 0 unspecified atom stereocenters. The van der Waals surface area contributed by atoms with Crippen molar-refractivity contribution in [3.05, 3.63) is 82.9 Å². The van der Waals surface area contributed by atoms with E-state index in [2.05, 4.69) is 4.28 Å². The van der Waals surface area contributed by atoms with E-state index >= 15 is 0 Å². The molecule has 3 aromatic rings. The fourth-order valence-electron chi connectivity index (χ4n) is 3.16. The predicted octanol–water partition coefficient (Wildman–Crippen LogP) is 3.50. The van der Waals surface area contributed by atoms with Crippen molar-refractivity contribution in [1.82, 2.24) is 5.06 Å². The number of hydroxylamine groups is 2. The van der Waals surface area contributed by atoms with Crippen molar-refractivity contribution >= 4 is 44.9 Å². The van der Waals surface area contributed by atoms with Crippen molar-refractivity contribution in [2.45, 2.75) is 0 Å². The lowest BCUT2D eigenvalue weighted by molar-refractivity contribution is -0.0149. The van der Waals surface area contributed by atoms with Gasteiger partial charge in [-0.15, -0.1) is 9.35 Å². The van der Waals surface area contributed by atoms with Crippen LogP contribution in [0.2, 0.25) is 0 Å². The molecule has 0 aliphatic carbocycles. The van der Waals surface area contributed by atoms with Crippen LogP contribution in [-0.2, 0) is 14.4 Å². The average molecular weight is 393 g/mol. The minimum Gasteiger partial charge on any atom is -0.266 e. The monoisotopic (exact) mass is 393 g/mol. The van der Waals surface area contributed by atoms with E-state index in [1.165, 1.54) is 0 Å². The van der Waals surface area contributed by atoms with Gasteiger partial charge in [-0.2, -0.15) is 8.42 Å². The molecule has 1 aliphatic heterocycles. The summed E-state index contributed by atoms with van der Waals surface area (Å²) in [7, 11) is -4.05. The molecule has 0 spiro atoms. The lowest BCUT2D eigenvalue weighted by atomic mass is 9.93. The van der Waals surface area contributed by atoms with Gasteiger partial charge in [-0.25, -0.2) is 0 Å². The van der Waals surface area contributed by atoms with Gasteiger partial charge >= 0.3 is 0 Å². The third kappa shape index (κ3) is 3.33. The fraction of sp³-hybridized carbons (Fsp3) is 0.0476. The molecule has 1 aliphatic rings. The zero-order chi connectivity index (χ0) is 19.9. The highest BCUT2D eigenvalue weighted by atomic mass is 32.2. The molecule has 0 saturated carbocycles. The van der Waals surface area contributed by atoms with Crippen molar-refractivity contribution in [2.24, 2.45) is 0 Å². The van der Waals surface area contributed by atoms with Gasteiger partial charge in [0.1, 0.15) is 0 Å². The molecular weight excluding hydrogens is 378 g/mol. The normalized spacial score (nSPS) is 14.2. The molecule has 2 amide bonds. The Morgan fingerprint density at radius 1 is 0.821 bits per heavy atom. The molecule has 1 heterocycles. The molecule has 0 aromatic heterocycles. The fourth-order valence-corrected chi connectivity index (χ4v) is 3.57. The van der Waals surface area contributed by atoms with Crippen LogP contribution in [0.15, 0.2) is 60.7 Å². The molecule has 6 nitrogen and oxygen atoms in total. The summed E-state index contributed by atoms with van der Waals surface area (Å²) in [5.74, 6) is -1.62. The average Bonchev–Trinajstić information content (AvgIpc) is 2.67. The molecule has 0 N–H and O–H groups in total. The Balaban J connectivity index is 1.85. The number of carbonyl (C=O) groups excluding carboxylic acids is 2. The van der Waals surface area contributed by atoms with Gasteiger partial charge in [0.05, 0.1) is 17.4 Å². The lowest BCUT2D eigenvalue weighted by Crippen LogP contribution is -2.41. The van der Waals surface area contributed by atoms with Crippen LogP contribution in [0.5, 0.6) is 0 Å². The number of benzene rings is 3. The highest BCUT2D eigenvalue weighted by Crippen LogP contribution is 2.32. The summed E-state index contributed by atoms with van der Waals surface area (Å²) >= 11 is 0. The number of nitrogens with zero attached hydrogens (tertiary/aromatic N) is 1. The first-order chi connectivity index (χ1) is 13.3. The number of carbonyl (C=O) groups is 2. The first kappa shape index (κ1) is 18.1. The molecule has 0 radical (unpaired) electrons. The van der Waals surface area contributed by atoms with Crippen LogP contribution in [0.25, 0.3) is 22.9 Å². The van der Waals surface area contributed by atoms with Crippen LogP contribution < -0.4 is 0 Å². The van der Waals surface area contributed by atoms with Crippen molar-refractivity contribution < 1.29 is 22.3 Å². The Morgan fingerprint density at radius 2 is 1.50 bits per heavy atom. The van der Waals surface area contributed by atoms with E-state index in [0.29, 0.717) is 15.8 Å². The Hall–Kier alpha value is -3.29. The van der Waals surface area contributed by atoms with Crippen LogP contribution >= 0.6 is 0 Å². The van der Waals surface area contributed by atoms with Gasteiger partial charge in [0.2, 0.25) is 0 Å². The maximum Gasteiger partial charge on any atom is 0.286 e. The summed E-state index contributed by atoms with van der Waals surface area (Å²) in [5, 5.41) is 1.50. The number of imide groups is 1. The molecule has 0 saturated heterocycles. The first-order valence-corrected chi connectivity index (χ1v) is 10.2. The van der Waals surface area contributed by atoms with Gasteiger partial charge in [-0.05, 0) is 34.7 Å². The molecule has 7 heteroatoms. The highest BCUT2D eigenvalue weighted by molar-refractivity contribution is 7.85. The predicted molar refractivity (Wildman–Crippen MR) is 106 cm³/mol. The second-order valence-corrected chi connectivity index (χ2v) is 7.96. The van der Waals surface area contributed by atoms with E-state index in [1.54, 1.807) is 24.3 Å². The number of rotatable bonds is 4. The summed E-state index contributed by atoms with van der Waals surface area (Å²) in [6.45, 7) is 0. The van der Waals surface area contributed by atoms with Gasteiger partial charge in [0.15, 0.2) is 0 Å². The number of amides is 2. The SMILES string of the molecule is CS(=O)(=O)ON1C(=O)c2cccc3cc(/C=C/c4ccccc4)cc(c23)C1=O. The van der Waals surface area contributed by atoms with E-state index in [9.17, 15) is 18.0 Å². The topological polar surface area (TPSA) is 80.8 Å². The molecule has 140 valence electrons. The summed E-state index contributed by atoms with van der Waals surface area (Å²) in [4.78, 5) is 25.4. The zero-order valence-electron chi connectivity index (χ0n) is 14.8. The van der Waals surface area contributed by atoms with E-state index in [4.69, 9.17) is 0 Å². The maximum atomic E-state index is 12.8. The van der Waals surface area contributed by atoms with Gasteiger partial charge in [-0.3, -0.25) is 9.59 Å². The van der Waals surface area contributed by atoms with E-state index in [0.717, 1.165) is 17.4 Å². The minimum absolute atomic E-state index is 0.212. The first-order valence-electron chi connectivity index (χ1n) is 8.42. The Morgan fingerprint density at radius 3 is 2.21 bits per heavy atom. The second-order valence-electron chi connectivity index (χ2n) is 6.40. The van der Waals surface area contributed by atoms with E-state index in [1.807, 2.05) is 48.6 Å². The van der Waals surface area contributed by atoms with Crippen LogP contribution in [0, 0.1) is 0 Å². The van der Waals surface area contributed by atoms with Crippen LogP contribution in [0.4, 0.5) is 0 Å². The van der Waals surface area contributed by atoms with Crippen LogP contribution in [0.1, 0.15) is 31.8 Å². The number of hydrogen-bond donors (Lipinski definition) is 0. The Kier molecular flexibility index (Phi) is 4.33. The molecule has 28 heavy (non-hydrogen) atoms. The highest BCUT2D eigenvalue weighted by Gasteiger charge is 2.36. The molecule has 0 bridgehead atoms. The summed E-state index contributed by atoms with van der Waals surface area (Å²) < 4.78 is 27.6. The van der Waals surface area contributed by atoms with Crippen LogP contribution in [-0.4, -0.2) is 31.6 Å².